The first-order valence-electron chi connectivity index (χ1n) is 6.39. The van der Waals surface area contributed by atoms with Gasteiger partial charge in [0.1, 0.15) is 0 Å². The van der Waals surface area contributed by atoms with E-state index in [4.69, 9.17) is 10.8 Å². The van der Waals surface area contributed by atoms with Crippen LogP contribution in [0.2, 0.25) is 0 Å². The van der Waals surface area contributed by atoms with Gasteiger partial charge in [-0.3, -0.25) is 0 Å². The summed E-state index contributed by atoms with van der Waals surface area (Å²) in [5, 5.41) is 14.3. The Morgan fingerprint density at radius 3 is 2.67 bits per heavy atom. The normalized spacial score (nSPS) is 10.5. The van der Waals surface area contributed by atoms with E-state index in [0.29, 0.717) is 5.82 Å². The number of nitrogens with two attached hydrogens (primary N) is 1. The van der Waals surface area contributed by atoms with Crippen LogP contribution in [0.5, 0.6) is 0 Å². The zero-order valence-electron chi connectivity index (χ0n) is 11.1. The number of nitrogen functional groups attached to an aromatic ring is 1. The van der Waals surface area contributed by atoms with Crippen molar-refractivity contribution in [3.8, 4) is 0 Å². The van der Waals surface area contributed by atoms with Crippen LogP contribution in [0.4, 0.5) is 17.2 Å². The molecule has 0 saturated heterocycles. The van der Waals surface area contributed by atoms with Crippen molar-refractivity contribution in [2.24, 2.45) is 0 Å². The summed E-state index contributed by atoms with van der Waals surface area (Å²) in [7, 11) is 0. The molecule has 3 aromatic rings. The van der Waals surface area contributed by atoms with Crippen LogP contribution in [0.1, 0.15) is 10.4 Å². The predicted octanol–water partition coefficient (Wildman–Crippen LogP) is 3.26. The largest absolute Gasteiger partial charge is 0.478 e. The fraction of sp³-hybridized carbons (Fsp3) is 0. The van der Waals surface area contributed by atoms with Crippen LogP contribution in [0.15, 0.2) is 54.7 Å². The Balaban J connectivity index is 2.07. The molecule has 2 aromatic carbocycles. The zero-order valence-corrected chi connectivity index (χ0v) is 11.1. The van der Waals surface area contributed by atoms with Crippen molar-refractivity contribution in [1.82, 2.24) is 4.98 Å². The number of benzene rings is 2. The molecule has 0 aliphatic carbocycles. The van der Waals surface area contributed by atoms with E-state index in [1.165, 1.54) is 12.3 Å². The van der Waals surface area contributed by atoms with Crippen LogP contribution in [0, 0.1) is 0 Å². The molecule has 0 aliphatic rings. The molecule has 4 N–H and O–H groups in total. The number of rotatable bonds is 3. The molecule has 0 unspecified atom stereocenters. The molecule has 1 heterocycles. The third kappa shape index (κ3) is 2.36. The van der Waals surface area contributed by atoms with Gasteiger partial charge in [0.2, 0.25) is 0 Å². The quantitative estimate of drug-likeness (QED) is 0.685. The van der Waals surface area contributed by atoms with E-state index in [2.05, 4.69) is 10.3 Å². The first-order valence-corrected chi connectivity index (χ1v) is 6.39. The minimum Gasteiger partial charge on any atom is -0.478 e. The maximum atomic E-state index is 11.1. The molecule has 0 fully saturated rings. The first kappa shape index (κ1) is 12.9. The number of nitrogens with one attached hydrogen (secondary N) is 1. The SMILES string of the molecule is Nc1c(C(=O)O)ccnc1Nc1cccc2ccccc12. The highest BCUT2D eigenvalue weighted by molar-refractivity contribution is 5.99. The van der Waals surface area contributed by atoms with Crippen molar-refractivity contribution in [2.45, 2.75) is 0 Å². The standard InChI is InChI=1S/C16H13N3O2/c17-14-12(16(20)21)8-9-18-15(14)19-13-7-3-5-10-4-1-2-6-11(10)13/h1-9H,17H2,(H,18,19)(H,20,21). The van der Waals surface area contributed by atoms with Crippen molar-refractivity contribution in [3.05, 3.63) is 60.3 Å². The number of pyridine rings is 1. The average molecular weight is 279 g/mol. The first-order chi connectivity index (χ1) is 10.2. The van der Waals surface area contributed by atoms with E-state index < -0.39 is 5.97 Å². The van der Waals surface area contributed by atoms with Crippen LogP contribution >= 0.6 is 0 Å². The summed E-state index contributed by atoms with van der Waals surface area (Å²) in [6, 6.07) is 15.1. The fourth-order valence-electron chi connectivity index (χ4n) is 2.22. The number of hydrogen-bond acceptors (Lipinski definition) is 4. The van der Waals surface area contributed by atoms with Crippen molar-refractivity contribution in [1.29, 1.82) is 0 Å². The summed E-state index contributed by atoms with van der Waals surface area (Å²) >= 11 is 0. The highest BCUT2D eigenvalue weighted by Gasteiger charge is 2.12. The van der Waals surface area contributed by atoms with Crippen molar-refractivity contribution >= 4 is 33.9 Å². The number of aromatic nitrogens is 1. The summed E-state index contributed by atoms with van der Waals surface area (Å²) in [6.45, 7) is 0. The second-order valence-electron chi connectivity index (χ2n) is 4.58. The Morgan fingerprint density at radius 2 is 1.86 bits per heavy atom. The van der Waals surface area contributed by atoms with Crippen LogP contribution in [-0.4, -0.2) is 16.1 Å². The van der Waals surface area contributed by atoms with E-state index >= 15 is 0 Å². The number of carbonyl (C=O) groups is 1. The van der Waals surface area contributed by atoms with Crippen LogP contribution in [0.25, 0.3) is 10.8 Å². The minimum atomic E-state index is -1.07. The van der Waals surface area contributed by atoms with Gasteiger partial charge in [0.05, 0.1) is 11.3 Å². The second-order valence-corrected chi connectivity index (χ2v) is 4.58. The Labute approximate surface area is 121 Å². The number of aromatic carboxylic acids is 1. The van der Waals surface area contributed by atoms with Gasteiger partial charge in [0, 0.05) is 17.3 Å². The van der Waals surface area contributed by atoms with Gasteiger partial charge in [-0.25, -0.2) is 9.78 Å². The fourth-order valence-corrected chi connectivity index (χ4v) is 2.22. The summed E-state index contributed by atoms with van der Waals surface area (Å²) < 4.78 is 0. The lowest BCUT2D eigenvalue weighted by atomic mass is 10.1. The predicted molar refractivity (Wildman–Crippen MR) is 82.8 cm³/mol. The molecule has 3 rings (SSSR count). The summed E-state index contributed by atoms with van der Waals surface area (Å²) in [5.41, 5.74) is 6.86. The zero-order chi connectivity index (χ0) is 14.8. The molecule has 0 atom stereocenters. The molecular weight excluding hydrogens is 266 g/mol. The Kier molecular flexibility index (Phi) is 3.16. The molecule has 0 spiro atoms. The van der Waals surface area contributed by atoms with Gasteiger partial charge >= 0.3 is 5.97 Å². The molecule has 5 heteroatoms. The number of hydrogen-bond donors (Lipinski definition) is 3. The van der Waals surface area contributed by atoms with E-state index in [1.807, 2.05) is 42.5 Å². The maximum Gasteiger partial charge on any atom is 0.337 e. The number of carboxylic acids is 1. The van der Waals surface area contributed by atoms with Crippen LogP contribution < -0.4 is 11.1 Å². The number of nitrogens with zero attached hydrogens (tertiary/aromatic N) is 1. The highest BCUT2D eigenvalue weighted by atomic mass is 16.4. The summed E-state index contributed by atoms with van der Waals surface area (Å²) in [4.78, 5) is 15.2. The van der Waals surface area contributed by atoms with Gasteiger partial charge in [-0.05, 0) is 17.5 Å². The third-order valence-electron chi connectivity index (χ3n) is 3.26. The molecular formula is C16H13N3O2. The maximum absolute atomic E-state index is 11.1. The van der Waals surface area contributed by atoms with E-state index in [0.717, 1.165) is 16.5 Å². The third-order valence-corrected chi connectivity index (χ3v) is 3.26. The Hall–Kier alpha value is -3.08. The topological polar surface area (TPSA) is 88.2 Å². The highest BCUT2D eigenvalue weighted by Crippen LogP contribution is 2.29. The lowest BCUT2D eigenvalue weighted by Gasteiger charge is -2.12. The summed E-state index contributed by atoms with van der Waals surface area (Å²) in [6.07, 6.45) is 1.42. The van der Waals surface area contributed by atoms with E-state index in [9.17, 15) is 4.79 Å². The van der Waals surface area contributed by atoms with Gasteiger partial charge in [-0.1, -0.05) is 36.4 Å². The molecule has 0 bridgehead atoms. The van der Waals surface area contributed by atoms with Crippen LogP contribution in [-0.2, 0) is 0 Å². The molecule has 0 aliphatic heterocycles. The van der Waals surface area contributed by atoms with Crippen molar-refractivity contribution in [2.75, 3.05) is 11.1 Å². The number of carboxylic acid groups (broad SMARTS) is 1. The van der Waals surface area contributed by atoms with Crippen molar-refractivity contribution in [3.63, 3.8) is 0 Å². The number of anilines is 3. The van der Waals surface area contributed by atoms with E-state index in [1.54, 1.807) is 0 Å². The monoisotopic (exact) mass is 279 g/mol. The average Bonchev–Trinajstić information content (AvgIpc) is 2.49. The Bertz CT molecular complexity index is 825. The van der Waals surface area contributed by atoms with Gasteiger partial charge in [0.15, 0.2) is 5.82 Å². The lowest BCUT2D eigenvalue weighted by molar-refractivity contribution is 0.0698. The van der Waals surface area contributed by atoms with Gasteiger partial charge in [-0.15, -0.1) is 0 Å². The lowest BCUT2D eigenvalue weighted by Crippen LogP contribution is -2.07. The number of fused-ring (bicyclic) bond motifs is 1. The van der Waals surface area contributed by atoms with Gasteiger partial charge < -0.3 is 16.2 Å². The van der Waals surface area contributed by atoms with E-state index in [-0.39, 0.29) is 11.3 Å². The smallest absolute Gasteiger partial charge is 0.337 e. The Morgan fingerprint density at radius 1 is 1.10 bits per heavy atom. The van der Waals surface area contributed by atoms with Crippen molar-refractivity contribution < 1.29 is 9.90 Å². The molecule has 0 radical (unpaired) electrons. The second kappa shape index (κ2) is 5.13. The van der Waals surface area contributed by atoms with Crippen LogP contribution in [0.3, 0.4) is 0 Å². The summed E-state index contributed by atoms with van der Waals surface area (Å²) in [5.74, 6) is -0.734. The molecule has 1 aromatic heterocycles. The molecule has 0 amide bonds. The van der Waals surface area contributed by atoms with Gasteiger partial charge in [0.25, 0.3) is 0 Å². The molecule has 21 heavy (non-hydrogen) atoms. The molecule has 5 nitrogen and oxygen atoms in total. The molecule has 0 saturated carbocycles. The molecule has 104 valence electrons. The minimum absolute atomic E-state index is 0.0349. The van der Waals surface area contributed by atoms with Gasteiger partial charge in [-0.2, -0.15) is 0 Å².